The fourth-order valence-corrected chi connectivity index (χ4v) is 3.70. The van der Waals surface area contributed by atoms with E-state index in [0.29, 0.717) is 12.6 Å². The number of likely N-dealkylation sites (N-methyl/N-ethyl adjacent to an activating group) is 1. The van der Waals surface area contributed by atoms with Crippen molar-refractivity contribution >= 4 is 5.96 Å². The molecule has 1 unspecified atom stereocenters. The standard InChI is InChI=1S/C22H39N5O/c1-6-14-27-15-12-19(13-16-27)25-22(23-7-2)24-17-21(26(3)4)18-8-10-20(28-5)11-9-18/h8-11,19,21H,6-7,12-17H2,1-5H3,(H2,23,24,25). The molecule has 0 amide bonds. The van der Waals surface area contributed by atoms with E-state index in [4.69, 9.17) is 9.73 Å². The van der Waals surface area contributed by atoms with Gasteiger partial charge in [0.05, 0.1) is 19.7 Å². The van der Waals surface area contributed by atoms with E-state index in [0.717, 1.165) is 18.3 Å². The van der Waals surface area contributed by atoms with Gasteiger partial charge in [-0.3, -0.25) is 4.99 Å². The minimum absolute atomic E-state index is 0.229. The lowest BCUT2D eigenvalue weighted by molar-refractivity contribution is 0.206. The van der Waals surface area contributed by atoms with Crippen LogP contribution in [-0.4, -0.2) is 75.7 Å². The molecular weight excluding hydrogens is 350 g/mol. The van der Waals surface area contributed by atoms with Crippen LogP contribution in [0, 0.1) is 0 Å². The Labute approximate surface area is 171 Å². The molecule has 158 valence electrons. The Bertz CT molecular complexity index is 579. The molecule has 28 heavy (non-hydrogen) atoms. The Hall–Kier alpha value is -1.79. The van der Waals surface area contributed by atoms with Crippen LogP contribution in [0.2, 0.25) is 0 Å². The highest BCUT2D eigenvalue weighted by Gasteiger charge is 2.20. The molecule has 0 saturated carbocycles. The molecule has 2 rings (SSSR count). The predicted octanol–water partition coefficient (Wildman–Crippen LogP) is 2.73. The largest absolute Gasteiger partial charge is 0.497 e. The summed E-state index contributed by atoms with van der Waals surface area (Å²) in [4.78, 5) is 9.70. The average molecular weight is 390 g/mol. The summed E-state index contributed by atoms with van der Waals surface area (Å²) in [6.45, 7) is 9.53. The SMILES string of the molecule is CCCN1CCC(NC(=NCC(c2ccc(OC)cc2)N(C)C)NCC)CC1. The van der Waals surface area contributed by atoms with Crippen LogP contribution >= 0.6 is 0 Å². The minimum atomic E-state index is 0.229. The molecule has 0 spiro atoms. The molecule has 6 nitrogen and oxygen atoms in total. The summed E-state index contributed by atoms with van der Waals surface area (Å²) in [7, 11) is 5.91. The Morgan fingerprint density at radius 2 is 1.89 bits per heavy atom. The van der Waals surface area contributed by atoms with Gasteiger partial charge < -0.3 is 25.2 Å². The smallest absolute Gasteiger partial charge is 0.191 e. The number of benzene rings is 1. The number of hydrogen-bond donors (Lipinski definition) is 2. The van der Waals surface area contributed by atoms with Crippen molar-refractivity contribution in [3.8, 4) is 5.75 Å². The molecule has 1 fully saturated rings. The second kappa shape index (κ2) is 11.9. The summed E-state index contributed by atoms with van der Waals surface area (Å²) in [5, 5.41) is 7.07. The van der Waals surface area contributed by atoms with Gasteiger partial charge in [0.1, 0.15) is 5.75 Å². The highest BCUT2D eigenvalue weighted by Crippen LogP contribution is 2.21. The molecule has 1 saturated heterocycles. The Morgan fingerprint density at radius 1 is 1.21 bits per heavy atom. The van der Waals surface area contributed by atoms with Crippen LogP contribution in [0.5, 0.6) is 5.75 Å². The zero-order chi connectivity index (χ0) is 20.4. The first-order chi connectivity index (χ1) is 13.6. The molecule has 1 atom stereocenters. The monoisotopic (exact) mass is 389 g/mol. The maximum absolute atomic E-state index is 5.28. The van der Waals surface area contributed by atoms with Crippen LogP contribution in [0.25, 0.3) is 0 Å². The molecule has 0 radical (unpaired) electrons. The van der Waals surface area contributed by atoms with Crippen LogP contribution in [0.15, 0.2) is 29.3 Å². The van der Waals surface area contributed by atoms with E-state index in [-0.39, 0.29) is 6.04 Å². The van der Waals surface area contributed by atoms with E-state index in [2.05, 4.69) is 60.5 Å². The van der Waals surface area contributed by atoms with E-state index in [1.165, 1.54) is 44.5 Å². The number of methoxy groups -OCH3 is 1. The van der Waals surface area contributed by atoms with E-state index >= 15 is 0 Å². The van der Waals surface area contributed by atoms with Gasteiger partial charge in [-0.25, -0.2) is 0 Å². The van der Waals surface area contributed by atoms with Gasteiger partial charge in [-0.15, -0.1) is 0 Å². The molecule has 6 heteroatoms. The number of piperidine rings is 1. The van der Waals surface area contributed by atoms with Gasteiger partial charge >= 0.3 is 0 Å². The van der Waals surface area contributed by atoms with Crippen molar-refractivity contribution in [1.29, 1.82) is 0 Å². The maximum atomic E-state index is 5.28. The van der Waals surface area contributed by atoms with Crippen LogP contribution in [0.4, 0.5) is 0 Å². The van der Waals surface area contributed by atoms with Gasteiger partial charge in [0.15, 0.2) is 5.96 Å². The maximum Gasteiger partial charge on any atom is 0.191 e. The molecule has 1 aromatic rings. The van der Waals surface area contributed by atoms with Gasteiger partial charge in [-0.2, -0.15) is 0 Å². The van der Waals surface area contributed by atoms with Crippen molar-refractivity contribution < 1.29 is 4.74 Å². The third-order valence-corrected chi connectivity index (χ3v) is 5.36. The van der Waals surface area contributed by atoms with E-state index in [1.807, 2.05) is 12.1 Å². The highest BCUT2D eigenvalue weighted by molar-refractivity contribution is 5.80. The molecule has 1 aromatic carbocycles. The zero-order valence-electron chi connectivity index (χ0n) is 18.4. The fraction of sp³-hybridized carbons (Fsp3) is 0.682. The van der Waals surface area contributed by atoms with Crippen LogP contribution in [0.1, 0.15) is 44.7 Å². The second-order valence-corrected chi connectivity index (χ2v) is 7.73. The lowest BCUT2D eigenvalue weighted by atomic mass is 10.0. The van der Waals surface area contributed by atoms with Crippen molar-refractivity contribution in [2.24, 2.45) is 4.99 Å². The van der Waals surface area contributed by atoms with Gasteiger partial charge in [0, 0.05) is 25.7 Å². The average Bonchev–Trinajstić information content (AvgIpc) is 2.70. The molecule has 0 bridgehead atoms. The summed E-state index contributed by atoms with van der Waals surface area (Å²) < 4.78 is 5.28. The van der Waals surface area contributed by atoms with Crippen molar-refractivity contribution in [2.75, 3.05) is 53.9 Å². The summed E-state index contributed by atoms with van der Waals surface area (Å²) in [6.07, 6.45) is 3.60. The number of nitrogens with zero attached hydrogens (tertiary/aromatic N) is 3. The Balaban J connectivity index is 1.98. The molecule has 0 aromatic heterocycles. The highest BCUT2D eigenvalue weighted by atomic mass is 16.5. The van der Waals surface area contributed by atoms with Crippen molar-refractivity contribution in [1.82, 2.24) is 20.4 Å². The lowest BCUT2D eigenvalue weighted by Gasteiger charge is -2.33. The van der Waals surface area contributed by atoms with E-state index in [1.54, 1.807) is 7.11 Å². The summed E-state index contributed by atoms with van der Waals surface area (Å²) >= 11 is 0. The van der Waals surface area contributed by atoms with Crippen LogP contribution in [-0.2, 0) is 0 Å². The molecule has 1 heterocycles. The Morgan fingerprint density at radius 3 is 2.43 bits per heavy atom. The zero-order valence-corrected chi connectivity index (χ0v) is 18.4. The van der Waals surface area contributed by atoms with Gasteiger partial charge in [0.2, 0.25) is 0 Å². The number of likely N-dealkylation sites (tertiary alicyclic amines) is 1. The van der Waals surface area contributed by atoms with Gasteiger partial charge in [-0.1, -0.05) is 19.1 Å². The summed E-state index contributed by atoms with van der Waals surface area (Å²) in [6, 6.07) is 9.02. The number of rotatable bonds is 9. The van der Waals surface area contributed by atoms with Gasteiger partial charge in [-0.05, 0) is 64.5 Å². The summed E-state index contributed by atoms with van der Waals surface area (Å²) in [5.41, 5.74) is 1.25. The molecule has 1 aliphatic heterocycles. The summed E-state index contributed by atoms with van der Waals surface area (Å²) in [5.74, 6) is 1.81. The van der Waals surface area contributed by atoms with E-state index in [9.17, 15) is 0 Å². The Kier molecular flexibility index (Phi) is 9.58. The normalized spacial score (nSPS) is 17.6. The number of aliphatic imine (C=N–C) groups is 1. The number of hydrogen-bond acceptors (Lipinski definition) is 4. The molecule has 0 aliphatic carbocycles. The first-order valence-corrected chi connectivity index (χ1v) is 10.6. The molecular formula is C22H39N5O. The third-order valence-electron chi connectivity index (χ3n) is 5.36. The third kappa shape index (κ3) is 6.99. The fourth-order valence-electron chi connectivity index (χ4n) is 3.70. The van der Waals surface area contributed by atoms with Crippen LogP contribution < -0.4 is 15.4 Å². The molecule has 2 N–H and O–H groups in total. The molecule has 1 aliphatic rings. The number of guanidine groups is 1. The lowest BCUT2D eigenvalue weighted by Crippen LogP contribution is -2.49. The van der Waals surface area contributed by atoms with Crippen LogP contribution in [0.3, 0.4) is 0 Å². The predicted molar refractivity (Wildman–Crippen MR) is 118 cm³/mol. The minimum Gasteiger partial charge on any atom is -0.497 e. The quantitative estimate of drug-likeness (QED) is 0.502. The van der Waals surface area contributed by atoms with Gasteiger partial charge in [0.25, 0.3) is 0 Å². The number of ether oxygens (including phenoxy) is 1. The van der Waals surface area contributed by atoms with Crippen molar-refractivity contribution in [3.63, 3.8) is 0 Å². The second-order valence-electron chi connectivity index (χ2n) is 7.73. The first kappa shape index (κ1) is 22.5. The first-order valence-electron chi connectivity index (χ1n) is 10.6. The van der Waals surface area contributed by atoms with E-state index < -0.39 is 0 Å². The number of nitrogens with one attached hydrogen (secondary N) is 2. The van der Waals surface area contributed by atoms with Crippen molar-refractivity contribution in [3.05, 3.63) is 29.8 Å². The topological polar surface area (TPSA) is 52.1 Å². The van der Waals surface area contributed by atoms with Crippen molar-refractivity contribution in [2.45, 2.75) is 45.2 Å².